The molecule has 1 heterocycles. The summed E-state index contributed by atoms with van der Waals surface area (Å²) in [4.78, 5) is 4.63. The second-order valence-electron chi connectivity index (χ2n) is 5.93. The number of pyridine rings is 1. The van der Waals surface area contributed by atoms with Gasteiger partial charge < -0.3 is 9.47 Å². The van der Waals surface area contributed by atoms with Gasteiger partial charge in [0.15, 0.2) is 0 Å². The first-order valence-electron chi connectivity index (χ1n) is 7.86. The van der Waals surface area contributed by atoms with Crippen molar-refractivity contribution in [1.29, 1.82) is 0 Å². The van der Waals surface area contributed by atoms with Crippen LogP contribution in [0.2, 0.25) is 0 Å². The number of benzene rings is 2. The SMILES string of the molecule is Cc1cc(OCc2ccc3ccccc3n2)cc(OC(C)C)c1. The third kappa shape index (κ3) is 4.01. The molecule has 2 aromatic carbocycles. The summed E-state index contributed by atoms with van der Waals surface area (Å²) in [5.41, 5.74) is 3.02. The van der Waals surface area contributed by atoms with Crippen molar-refractivity contribution >= 4 is 10.9 Å². The lowest BCUT2D eigenvalue weighted by Gasteiger charge is -2.13. The van der Waals surface area contributed by atoms with Gasteiger partial charge in [-0.3, -0.25) is 0 Å². The molecular formula is C20H21NO2. The van der Waals surface area contributed by atoms with Crippen LogP contribution >= 0.6 is 0 Å². The molecule has 0 atom stereocenters. The summed E-state index contributed by atoms with van der Waals surface area (Å²) >= 11 is 0. The summed E-state index contributed by atoms with van der Waals surface area (Å²) < 4.78 is 11.7. The molecule has 118 valence electrons. The molecule has 0 aliphatic carbocycles. The molecule has 0 aliphatic heterocycles. The van der Waals surface area contributed by atoms with Crippen molar-refractivity contribution in [3.05, 3.63) is 65.9 Å². The fourth-order valence-corrected chi connectivity index (χ4v) is 2.48. The molecule has 0 fully saturated rings. The van der Waals surface area contributed by atoms with Gasteiger partial charge >= 0.3 is 0 Å². The van der Waals surface area contributed by atoms with E-state index in [1.54, 1.807) is 0 Å². The standard InChI is InChI=1S/C20H21NO2/c1-14(2)23-19-11-15(3)10-18(12-19)22-13-17-9-8-16-6-4-5-7-20(16)21-17/h4-12,14H,13H2,1-3H3. The van der Waals surface area contributed by atoms with E-state index in [9.17, 15) is 0 Å². The van der Waals surface area contributed by atoms with Gasteiger partial charge in [0, 0.05) is 11.5 Å². The Morgan fingerprint density at radius 3 is 2.57 bits per heavy atom. The molecule has 3 aromatic rings. The van der Waals surface area contributed by atoms with Gasteiger partial charge in [-0.1, -0.05) is 24.3 Å². The quantitative estimate of drug-likeness (QED) is 0.671. The maximum Gasteiger partial charge on any atom is 0.130 e. The summed E-state index contributed by atoms with van der Waals surface area (Å²) in [7, 11) is 0. The van der Waals surface area contributed by atoms with Crippen molar-refractivity contribution in [3.8, 4) is 11.5 Å². The third-order valence-electron chi connectivity index (χ3n) is 3.44. The first-order valence-corrected chi connectivity index (χ1v) is 7.86. The second-order valence-corrected chi connectivity index (χ2v) is 5.93. The number of hydrogen-bond acceptors (Lipinski definition) is 3. The molecule has 0 N–H and O–H groups in total. The van der Waals surface area contributed by atoms with E-state index in [0.717, 1.165) is 33.7 Å². The molecule has 0 aliphatic rings. The molecule has 3 rings (SSSR count). The van der Waals surface area contributed by atoms with Crippen LogP contribution in [0.4, 0.5) is 0 Å². The molecule has 0 saturated carbocycles. The number of aromatic nitrogens is 1. The van der Waals surface area contributed by atoms with Crippen molar-refractivity contribution in [1.82, 2.24) is 4.98 Å². The summed E-state index contributed by atoms with van der Waals surface area (Å²) in [5, 5.41) is 1.14. The van der Waals surface area contributed by atoms with Crippen molar-refractivity contribution < 1.29 is 9.47 Å². The third-order valence-corrected chi connectivity index (χ3v) is 3.44. The summed E-state index contributed by atoms with van der Waals surface area (Å²) in [6, 6.07) is 18.1. The van der Waals surface area contributed by atoms with E-state index in [-0.39, 0.29) is 6.10 Å². The predicted octanol–water partition coefficient (Wildman–Crippen LogP) is 4.91. The maximum atomic E-state index is 5.90. The van der Waals surface area contributed by atoms with Gasteiger partial charge in [0.1, 0.15) is 18.1 Å². The van der Waals surface area contributed by atoms with E-state index in [4.69, 9.17) is 9.47 Å². The van der Waals surface area contributed by atoms with E-state index in [1.807, 2.05) is 63.2 Å². The summed E-state index contributed by atoms with van der Waals surface area (Å²) in [6.45, 7) is 6.51. The minimum Gasteiger partial charge on any atom is -0.491 e. The van der Waals surface area contributed by atoms with Crippen LogP contribution in [0.25, 0.3) is 10.9 Å². The number of aryl methyl sites for hydroxylation is 1. The molecule has 0 unspecified atom stereocenters. The van der Waals surface area contributed by atoms with Gasteiger partial charge in [-0.05, 0) is 50.6 Å². The van der Waals surface area contributed by atoms with Crippen LogP contribution in [0.1, 0.15) is 25.1 Å². The number of fused-ring (bicyclic) bond motifs is 1. The van der Waals surface area contributed by atoms with Crippen LogP contribution in [0.15, 0.2) is 54.6 Å². The van der Waals surface area contributed by atoms with Crippen molar-refractivity contribution in [2.75, 3.05) is 0 Å². The number of nitrogens with zero attached hydrogens (tertiary/aromatic N) is 1. The molecule has 0 bridgehead atoms. The van der Waals surface area contributed by atoms with Crippen molar-refractivity contribution in [3.63, 3.8) is 0 Å². The molecular weight excluding hydrogens is 286 g/mol. The first-order chi connectivity index (χ1) is 11.1. The largest absolute Gasteiger partial charge is 0.491 e. The topological polar surface area (TPSA) is 31.4 Å². The molecule has 0 saturated heterocycles. The Morgan fingerprint density at radius 1 is 0.957 bits per heavy atom. The number of para-hydroxylation sites is 1. The van der Waals surface area contributed by atoms with E-state index < -0.39 is 0 Å². The van der Waals surface area contributed by atoms with E-state index in [1.165, 1.54) is 0 Å². The Balaban J connectivity index is 1.75. The summed E-state index contributed by atoms with van der Waals surface area (Å²) in [6.07, 6.45) is 0.145. The molecule has 0 radical (unpaired) electrons. The van der Waals surface area contributed by atoms with E-state index in [0.29, 0.717) is 6.61 Å². The fourth-order valence-electron chi connectivity index (χ4n) is 2.48. The molecule has 3 nitrogen and oxygen atoms in total. The first kappa shape index (κ1) is 15.3. The Bertz CT molecular complexity index is 812. The van der Waals surface area contributed by atoms with E-state index in [2.05, 4.69) is 17.1 Å². The van der Waals surface area contributed by atoms with Crippen molar-refractivity contribution in [2.24, 2.45) is 0 Å². The highest BCUT2D eigenvalue weighted by Gasteiger charge is 2.04. The van der Waals surface area contributed by atoms with Crippen LogP contribution in [-0.2, 0) is 6.61 Å². The molecule has 1 aromatic heterocycles. The Morgan fingerprint density at radius 2 is 1.74 bits per heavy atom. The summed E-state index contributed by atoms with van der Waals surface area (Å²) in [5.74, 6) is 1.64. The van der Waals surface area contributed by atoms with Crippen LogP contribution < -0.4 is 9.47 Å². The second kappa shape index (κ2) is 6.69. The lowest BCUT2D eigenvalue weighted by atomic mass is 10.2. The lowest BCUT2D eigenvalue weighted by Crippen LogP contribution is -2.06. The van der Waals surface area contributed by atoms with Crippen molar-refractivity contribution in [2.45, 2.75) is 33.5 Å². The van der Waals surface area contributed by atoms with Gasteiger partial charge in [-0.25, -0.2) is 4.98 Å². The van der Waals surface area contributed by atoms with Gasteiger partial charge in [0.05, 0.1) is 17.3 Å². The zero-order valence-corrected chi connectivity index (χ0v) is 13.7. The number of hydrogen-bond donors (Lipinski definition) is 0. The normalized spacial score (nSPS) is 11.0. The average Bonchev–Trinajstić information content (AvgIpc) is 2.51. The van der Waals surface area contributed by atoms with Gasteiger partial charge in [0.2, 0.25) is 0 Å². The highest BCUT2D eigenvalue weighted by Crippen LogP contribution is 2.24. The van der Waals surface area contributed by atoms with Gasteiger partial charge in [0.25, 0.3) is 0 Å². The minimum atomic E-state index is 0.145. The fraction of sp³-hybridized carbons (Fsp3) is 0.250. The predicted molar refractivity (Wildman–Crippen MR) is 93.0 cm³/mol. The van der Waals surface area contributed by atoms with Crippen LogP contribution in [0.5, 0.6) is 11.5 Å². The smallest absolute Gasteiger partial charge is 0.130 e. The highest BCUT2D eigenvalue weighted by atomic mass is 16.5. The molecule has 23 heavy (non-hydrogen) atoms. The highest BCUT2D eigenvalue weighted by molar-refractivity contribution is 5.78. The Kier molecular flexibility index (Phi) is 4.47. The van der Waals surface area contributed by atoms with E-state index >= 15 is 0 Å². The van der Waals surface area contributed by atoms with Gasteiger partial charge in [-0.2, -0.15) is 0 Å². The zero-order valence-electron chi connectivity index (χ0n) is 13.7. The number of ether oxygens (including phenoxy) is 2. The van der Waals surface area contributed by atoms with Crippen LogP contribution in [0, 0.1) is 6.92 Å². The lowest BCUT2D eigenvalue weighted by molar-refractivity contribution is 0.239. The minimum absolute atomic E-state index is 0.145. The Hall–Kier alpha value is -2.55. The zero-order chi connectivity index (χ0) is 16.2. The van der Waals surface area contributed by atoms with Gasteiger partial charge in [-0.15, -0.1) is 0 Å². The maximum absolute atomic E-state index is 5.90. The van der Waals surface area contributed by atoms with Crippen LogP contribution in [0.3, 0.4) is 0 Å². The molecule has 3 heteroatoms. The molecule has 0 amide bonds. The number of rotatable bonds is 5. The molecule has 0 spiro atoms. The van der Waals surface area contributed by atoms with Crippen LogP contribution in [-0.4, -0.2) is 11.1 Å². The Labute approximate surface area is 136 Å². The average molecular weight is 307 g/mol. The monoisotopic (exact) mass is 307 g/mol.